The van der Waals surface area contributed by atoms with Gasteiger partial charge in [0.25, 0.3) is 5.79 Å². The predicted octanol–water partition coefficient (Wildman–Crippen LogP) is 2.38. The minimum Gasteiger partial charge on any atom is -0.489 e. The Kier molecular flexibility index (Phi) is 4.50. The number of ether oxygens (including phenoxy) is 3. The van der Waals surface area contributed by atoms with Crippen molar-refractivity contribution in [2.45, 2.75) is 19.6 Å². The SMILES string of the molecule is C=CCOc1cccc(NC=C2C(=O)OC(C)(C)OC2=O)c1. The lowest BCUT2D eigenvalue weighted by atomic mass is 10.2. The number of carbonyl (C=O) groups is 2. The molecule has 6 heteroatoms. The first-order valence-corrected chi connectivity index (χ1v) is 6.68. The molecule has 1 fully saturated rings. The number of nitrogens with one attached hydrogen (secondary N) is 1. The first kappa shape index (κ1) is 15.6. The van der Waals surface area contributed by atoms with Crippen LogP contribution in [0.2, 0.25) is 0 Å². The summed E-state index contributed by atoms with van der Waals surface area (Å²) in [5.74, 6) is -2.07. The van der Waals surface area contributed by atoms with Crippen LogP contribution < -0.4 is 10.1 Å². The average molecular weight is 303 g/mol. The van der Waals surface area contributed by atoms with Gasteiger partial charge in [0, 0.05) is 31.8 Å². The number of benzene rings is 1. The highest BCUT2D eigenvalue weighted by Crippen LogP contribution is 2.23. The van der Waals surface area contributed by atoms with E-state index in [1.54, 1.807) is 30.3 Å². The van der Waals surface area contributed by atoms with Gasteiger partial charge in [-0.2, -0.15) is 0 Å². The monoisotopic (exact) mass is 303 g/mol. The molecule has 0 amide bonds. The van der Waals surface area contributed by atoms with E-state index < -0.39 is 17.7 Å². The van der Waals surface area contributed by atoms with Crippen LogP contribution in [0.25, 0.3) is 0 Å². The summed E-state index contributed by atoms with van der Waals surface area (Å²) in [7, 11) is 0. The molecule has 0 unspecified atom stereocenters. The third-order valence-corrected chi connectivity index (χ3v) is 2.70. The third kappa shape index (κ3) is 3.88. The van der Waals surface area contributed by atoms with E-state index in [-0.39, 0.29) is 5.57 Å². The fraction of sp³-hybridized carbons (Fsp3) is 0.250. The zero-order valence-corrected chi connectivity index (χ0v) is 12.4. The van der Waals surface area contributed by atoms with Crippen LogP contribution in [0.4, 0.5) is 5.69 Å². The highest BCUT2D eigenvalue weighted by atomic mass is 16.7. The summed E-state index contributed by atoms with van der Waals surface area (Å²) < 4.78 is 15.4. The highest BCUT2D eigenvalue weighted by molar-refractivity contribution is 6.15. The van der Waals surface area contributed by atoms with Crippen molar-refractivity contribution < 1.29 is 23.8 Å². The Morgan fingerprint density at radius 2 is 1.95 bits per heavy atom. The predicted molar refractivity (Wildman–Crippen MR) is 80.1 cm³/mol. The Morgan fingerprint density at radius 3 is 2.59 bits per heavy atom. The Hall–Kier alpha value is -2.76. The van der Waals surface area contributed by atoms with Gasteiger partial charge in [-0.15, -0.1) is 0 Å². The lowest BCUT2D eigenvalue weighted by Crippen LogP contribution is -2.42. The van der Waals surface area contributed by atoms with Crippen LogP contribution in [0.5, 0.6) is 5.75 Å². The van der Waals surface area contributed by atoms with Gasteiger partial charge >= 0.3 is 11.9 Å². The smallest absolute Gasteiger partial charge is 0.350 e. The van der Waals surface area contributed by atoms with E-state index in [0.717, 1.165) is 0 Å². The van der Waals surface area contributed by atoms with Crippen LogP contribution in [-0.4, -0.2) is 24.3 Å². The van der Waals surface area contributed by atoms with E-state index in [0.29, 0.717) is 18.0 Å². The number of carbonyl (C=O) groups excluding carboxylic acids is 2. The molecular formula is C16H17NO5. The number of hydrogen-bond acceptors (Lipinski definition) is 6. The van der Waals surface area contributed by atoms with E-state index in [2.05, 4.69) is 11.9 Å². The van der Waals surface area contributed by atoms with Gasteiger partial charge in [-0.3, -0.25) is 0 Å². The molecule has 0 aliphatic carbocycles. The van der Waals surface area contributed by atoms with Gasteiger partial charge in [-0.25, -0.2) is 9.59 Å². The van der Waals surface area contributed by atoms with Crippen LogP contribution in [-0.2, 0) is 19.1 Å². The molecule has 0 aromatic heterocycles. The van der Waals surface area contributed by atoms with Gasteiger partial charge in [-0.1, -0.05) is 18.7 Å². The number of cyclic esters (lactones) is 2. The molecule has 0 radical (unpaired) electrons. The van der Waals surface area contributed by atoms with Crippen LogP contribution >= 0.6 is 0 Å². The van der Waals surface area contributed by atoms with Crippen LogP contribution in [0.15, 0.2) is 48.7 Å². The summed E-state index contributed by atoms with van der Waals surface area (Å²) in [6.45, 7) is 6.95. The lowest BCUT2D eigenvalue weighted by molar-refractivity contribution is -0.222. The summed E-state index contributed by atoms with van der Waals surface area (Å²) in [4.78, 5) is 23.6. The van der Waals surface area contributed by atoms with E-state index in [1.807, 2.05) is 0 Å². The Balaban J connectivity index is 2.09. The second-order valence-corrected chi connectivity index (χ2v) is 5.01. The van der Waals surface area contributed by atoms with E-state index in [1.165, 1.54) is 20.0 Å². The van der Waals surface area contributed by atoms with Gasteiger partial charge in [0.05, 0.1) is 0 Å². The number of anilines is 1. The minimum absolute atomic E-state index is 0.197. The largest absolute Gasteiger partial charge is 0.489 e. The standard InChI is InChI=1S/C16H17NO5/c1-4-8-20-12-7-5-6-11(9-12)17-10-13-14(18)21-16(2,3)22-15(13)19/h4-7,9-10,17H,1,8H2,2-3H3. The summed E-state index contributed by atoms with van der Waals surface area (Å²) in [5.41, 5.74) is 0.455. The third-order valence-electron chi connectivity index (χ3n) is 2.70. The molecule has 1 aromatic carbocycles. The second-order valence-electron chi connectivity index (χ2n) is 5.01. The van der Waals surface area contributed by atoms with Crippen molar-refractivity contribution in [3.05, 3.63) is 48.7 Å². The van der Waals surface area contributed by atoms with Gasteiger partial charge in [-0.05, 0) is 12.1 Å². The van der Waals surface area contributed by atoms with Crippen molar-refractivity contribution in [2.75, 3.05) is 11.9 Å². The van der Waals surface area contributed by atoms with Crippen molar-refractivity contribution >= 4 is 17.6 Å². The fourth-order valence-corrected chi connectivity index (χ4v) is 1.76. The molecule has 0 atom stereocenters. The molecule has 1 N–H and O–H groups in total. The molecule has 1 saturated heterocycles. The molecule has 6 nitrogen and oxygen atoms in total. The summed E-state index contributed by atoms with van der Waals surface area (Å²) in [5, 5.41) is 2.85. The molecule has 116 valence electrons. The lowest BCUT2D eigenvalue weighted by Gasteiger charge is -2.29. The molecule has 0 spiro atoms. The van der Waals surface area contributed by atoms with E-state index in [9.17, 15) is 9.59 Å². The molecule has 1 heterocycles. The van der Waals surface area contributed by atoms with Gasteiger partial charge in [0.1, 0.15) is 12.4 Å². The van der Waals surface area contributed by atoms with Crippen LogP contribution in [0.1, 0.15) is 13.8 Å². The van der Waals surface area contributed by atoms with Crippen LogP contribution in [0.3, 0.4) is 0 Å². The van der Waals surface area contributed by atoms with Crippen molar-refractivity contribution in [3.63, 3.8) is 0 Å². The Bertz CT molecular complexity index is 611. The Labute approximate surface area is 128 Å². The zero-order valence-electron chi connectivity index (χ0n) is 12.4. The molecule has 2 rings (SSSR count). The van der Waals surface area contributed by atoms with Crippen molar-refractivity contribution in [2.24, 2.45) is 0 Å². The maximum absolute atomic E-state index is 11.8. The molecular weight excluding hydrogens is 286 g/mol. The normalized spacial score (nSPS) is 16.4. The fourth-order valence-electron chi connectivity index (χ4n) is 1.76. The van der Waals surface area contributed by atoms with E-state index in [4.69, 9.17) is 14.2 Å². The molecule has 0 bridgehead atoms. The maximum Gasteiger partial charge on any atom is 0.350 e. The Morgan fingerprint density at radius 1 is 1.27 bits per heavy atom. The molecule has 1 aliphatic rings. The first-order chi connectivity index (χ1) is 10.4. The maximum atomic E-state index is 11.8. The summed E-state index contributed by atoms with van der Waals surface area (Å²) in [6.07, 6.45) is 2.89. The van der Waals surface area contributed by atoms with Gasteiger partial charge < -0.3 is 19.5 Å². The average Bonchev–Trinajstić information content (AvgIpc) is 2.43. The zero-order chi connectivity index (χ0) is 16.2. The first-order valence-electron chi connectivity index (χ1n) is 6.68. The van der Waals surface area contributed by atoms with Crippen molar-refractivity contribution in [3.8, 4) is 5.75 Å². The highest BCUT2D eigenvalue weighted by Gasteiger charge is 2.38. The van der Waals surface area contributed by atoms with Gasteiger partial charge in [0.15, 0.2) is 5.57 Å². The number of esters is 2. The quantitative estimate of drug-likeness (QED) is 0.390. The minimum atomic E-state index is -1.25. The molecule has 0 saturated carbocycles. The number of hydrogen-bond donors (Lipinski definition) is 1. The molecule has 1 aliphatic heterocycles. The summed E-state index contributed by atoms with van der Waals surface area (Å²) in [6, 6.07) is 7.05. The molecule has 22 heavy (non-hydrogen) atoms. The van der Waals surface area contributed by atoms with Crippen LogP contribution in [0, 0.1) is 0 Å². The topological polar surface area (TPSA) is 73.9 Å². The van der Waals surface area contributed by atoms with Gasteiger partial charge in [0.2, 0.25) is 0 Å². The number of rotatable bonds is 5. The van der Waals surface area contributed by atoms with Crippen molar-refractivity contribution in [1.29, 1.82) is 0 Å². The molecule has 1 aromatic rings. The van der Waals surface area contributed by atoms with E-state index >= 15 is 0 Å². The second kappa shape index (κ2) is 6.34. The van der Waals surface area contributed by atoms with Crippen molar-refractivity contribution in [1.82, 2.24) is 0 Å². The summed E-state index contributed by atoms with van der Waals surface area (Å²) >= 11 is 0.